The molecule has 1 aromatic heterocycles. The highest BCUT2D eigenvalue weighted by Gasteiger charge is 2.30. The second-order valence-electron chi connectivity index (χ2n) is 3.32. The minimum atomic E-state index is -0.828. The van der Waals surface area contributed by atoms with Crippen molar-refractivity contribution in [3.63, 3.8) is 0 Å². The largest absolute Gasteiger partial charge is 0.293 e. The molecule has 1 aliphatic rings. The third kappa shape index (κ3) is 1.94. The van der Waals surface area contributed by atoms with E-state index in [1.54, 1.807) is 0 Å². The molecule has 0 N–H and O–H groups in total. The van der Waals surface area contributed by atoms with Crippen molar-refractivity contribution >= 4 is 24.4 Å². The van der Waals surface area contributed by atoms with Gasteiger partial charge in [-0.1, -0.05) is 0 Å². The predicted octanol–water partition coefficient (Wildman–Crippen LogP) is 1.39. The number of anilines is 1. The fourth-order valence-corrected chi connectivity index (χ4v) is 1.82. The summed E-state index contributed by atoms with van der Waals surface area (Å²) in [7, 11) is 0. The zero-order valence-electron chi connectivity index (χ0n) is 7.65. The molecule has 0 saturated carbocycles. The monoisotopic (exact) mass is 230 g/mol. The molecule has 3 nitrogen and oxygen atoms in total. The highest BCUT2D eigenvalue weighted by Crippen LogP contribution is 2.24. The zero-order valence-corrected chi connectivity index (χ0v) is 8.55. The van der Waals surface area contributed by atoms with Crippen LogP contribution < -0.4 is 4.90 Å². The molecule has 1 amide bonds. The fourth-order valence-electron chi connectivity index (χ4n) is 1.50. The summed E-state index contributed by atoms with van der Waals surface area (Å²) in [5.74, 6) is -1.96. The van der Waals surface area contributed by atoms with Crippen LogP contribution in [0.25, 0.3) is 0 Å². The number of halogens is 2. The lowest BCUT2D eigenvalue weighted by molar-refractivity contribution is -0.117. The molecule has 1 atom stereocenters. The normalized spacial score (nSPS) is 21.1. The van der Waals surface area contributed by atoms with E-state index < -0.39 is 11.6 Å². The maximum atomic E-state index is 13.3. The molecular formula is C9H8F2N2OS. The summed E-state index contributed by atoms with van der Waals surface area (Å²) in [6.07, 6.45) is 1.14. The van der Waals surface area contributed by atoms with Crippen LogP contribution in [0.2, 0.25) is 0 Å². The fraction of sp³-hybridized carbons (Fsp3) is 0.333. The van der Waals surface area contributed by atoms with Gasteiger partial charge >= 0.3 is 0 Å². The Labute approximate surface area is 90.5 Å². The molecule has 0 aromatic carbocycles. The Morgan fingerprint density at radius 1 is 1.53 bits per heavy atom. The highest BCUT2D eigenvalue weighted by molar-refractivity contribution is 7.81. The number of amides is 1. The summed E-state index contributed by atoms with van der Waals surface area (Å²) in [4.78, 5) is 16.2. The van der Waals surface area contributed by atoms with Crippen molar-refractivity contribution in [1.29, 1.82) is 0 Å². The lowest BCUT2D eigenvalue weighted by atomic mass is 10.4. The van der Waals surface area contributed by atoms with E-state index in [0.717, 1.165) is 6.20 Å². The average Bonchev–Trinajstić information content (AvgIpc) is 2.45. The first kappa shape index (κ1) is 10.4. The number of carbonyl (C=O) groups excluding carboxylic acids is 1. The molecule has 1 aromatic rings. The molecule has 15 heavy (non-hydrogen) atoms. The van der Waals surface area contributed by atoms with E-state index in [4.69, 9.17) is 0 Å². The van der Waals surface area contributed by atoms with Crippen LogP contribution >= 0.6 is 12.6 Å². The van der Waals surface area contributed by atoms with E-state index in [0.29, 0.717) is 12.6 Å². The minimum Gasteiger partial charge on any atom is -0.293 e. The Balaban J connectivity index is 2.34. The van der Waals surface area contributed by atoms with Gasteiger partial charge in [0.25, 0.3) is 0 Å². The lowest BCUT2D eigenvalue weighted by Gasteiger charge is -2.14. The number of aromatic nitrogens is 1. The first-order valence-electron chi connectivity index (χ1n) is 4.37. The second kappa shape index (κ2) is 3.77. The van der Waals surface area contributed by atoms with Gasteiger partial charge in [-0.25, -0.2) is 13.8 Å². The van der Waals surface area contributed by atoms with E-state index in [1.165, 1.54) is 4.90 Å². The summed E-state index contributed by atoms with van der Waals surface area (Å²) < 4.78 is 25.9. The first-order valence-corrected chi connectivity index (χ1v) is 4.89. The smallest absolute Gasteiger partial charge is 0.229 e. The van der Waals surface area contributed by atoms with Crippen molar-refractivity contribution in [3.8, 4) is 0 Å². The van der Waals surface area contributed by atoms with Crippen LogP contribution in [0.15, 0.2) is 12.3 Å². The Bertz CT molecular complexity index is 413. The van der Waals surface area contributed by atoms with Gasteiger partial charge in [-0.3, -0.25) is 9.69 Å². The average molecular weight is 230 g/mol. The van der Waals surface area contributed by atoms with Crippen molar-refractivity contribution in [2.45, 2.75) is 11.7 Å². The van der Waals surface area contributed by atoms with Crippen LogP contribution in [0.5, 0.6) is 0 Å². The number of thiol groups is 1. The first-order chi connectivity index (χ1) is 7.08. The van der Waals surface area contributed by atoms with Crippen LogP contribution in [-0.2, 0) is 4.79 Å². The summed E-state index contributed by atoms with van der Waals surface area (Å²) in [6.45, 7) is 0.303. The molecule has 1 unspecified atom stereocenters. The number of hydrogen-bond donors (Lipinski definition) is 1. The molecule has 1 fully saturated rings. The summed E-state index contributed by atoms with van der Waals surface area (Å²) in [5.41, 5.74) is 0. The molecule has 80 valence electrons. The molecular weight excluding hydrogens is 222 g/mol. The van der Waals surface area contributed by atoms with Gasteiger partial charge in [0.2, 0.25) is 5.91 Å². The zero-order chi connectivity index (χ0) is 11.0. The molecule has 6 heteroatoms. The summed E-state index contributed by atoms with van der Waals surface area (Å²) >= 11 is 4.13. The van der Waals surface area contributed by atoms with Gasteiger partial charge in [0, 0.05) is 24.3 Å². The third-order valence-corrected chi connectivity index (χ3v) is 2.49. The van der Waals surface area contributed by atoms with Crippen molar-refractivity contribution in [3.05, 3.63) is 23.9 Å². The quantitative estimate of drug-likeness (QED) is 0.740. The molecule has 0 aliphatic carbocycles. The van der Waals surface area contributed by atoms with Gasteiger partial charge in [-0.2, -0.15) is 12.6 Å². The van der Waals surface area contributed by atoms with Gasteiger partial charge in [0.1, 0.15) is 5.82 Å². The number of rotatable bonds is 1. The maximum absolute atomic E-state index is 13.3. The molecule has 0 radical (unpaired) electrons. The topological polar surface area (TPSA) is 33.2 Å². The van der Waals surface area contributed by atoms with E-state index in [-0.39, 0.29) is 23.4 Å². The molecule has 1 aliphatic heterocycles. The minimum absolute atomic E-state index is 0.122. The van der Waals surface area contributed by atoms with Gasteiger partial charge < -0.3 is 0 Å². The van der Waals surface area contributed by atoms with Crippen molar-refractivity contribution < 1.29 is 13.6 Å². The Morgan fingerprint density at radius 2 is 2.27 bits per heavy atom. The molecule has 2 heterocycles. The molecule has 2 rings (SSSR count). The van der Waals surface area contributed by atoms with Crippen LogP contribution in [-0.4, -0.2) is 22.7 Å². The third-order valence-electron chi connectivity index (χ3n) is 2.15. The van der Waals surface area contributed by atoms with Crippen LogP contribution in [0.4, 0.5) is 14.6 Å². The summed E-state index contributed by atoms with van der Waals surface area (Å²) in [5, 5.41) is -0.122. The number of hydrogen-bond acceptors (Lipinski definition) is 3. The van der Waals surface area contributed by atoms with Gasteiger partial charge in [-0.05, 0) is 0 Å². The highest BCUT2D eigenvalue weighted by atomic mass is 32.1. The van der Waals surface area contributed by atoms with Gasteiger partial charge in [0.05, 0.1) is 6.20 Å². The Hall–Kier alpha value is -1.17. The van der Waals surface area contributed by atoms with E-state index in [2.05, 4.69) is 17.6 Å². The van der Waals surface area contributed by atoms with Gasteiger partial charge in [-0.15, -0.1) is 0 Å². The van der Waals surface area contributed by atoms with E-state index in [9.17, 15) is 13.6 Å². The van der Waals surface area contributed by atoms with Crippen LogP contribution in [0.3, 0.4) is 0 Å². The van der Waals surface area contributed by atoms with E-state index >= 15 is 0 Å². The predicted molar refractivity (Wildman–Crippen MR) is 53.9 cm³/mol. The Kier molecular flexibility index (Phi) is 2.60. The van der Waals surface area contributed by atoms with Crippen molar-refractivity contribution in [1.82, 2.24) is 4.98 Å². The van der Waals surface area contributed by atoms with Crippen molar-refractivity contribution in [2.24, 2.45) is 0 Å². The Morgan fingerprint density at radius 3 is 2.80 bits per heavy atom. The standard InChI is InChI=1S/C9H8F2N2OS/c10-5-1-7(11)9(12-3-5)13-4-6(15)2-8(13)14/h1,3,6,15H,2,4H2. The SMILES string of the molecule is O=C1CC(S)CN1c1ncc(F)cc1F. The lowest BCUT2D eigenvalue weighted by Crippen LogP contribution is -2.26. The number of carbonyl (C=O) groups is 1. The summed E-state index contributed by atoms with van der Waals surface area (Å²) in [6, 6.07) is 0.710. The van der Waals surface area contributed by atoms with Crippen LogP contribution in [0, 0.1) is 11.6 Å². The maximum Gasteiger partial charge on any atom is 0.229 e. The number of pyridine rings is 1. The van der Waals surface area contributed by atoms with E-state index in [1.807, 2.05) is 0 Å². The molecule has 0 bridgehead atoms. The number of nitrogens with zero attached hydrogens (tertiary/aromatic N) is 2. The molecule has 0 spiro atoms. The molecule has 1 saturated heterocycles. The van der Waals surface area contributed by atoms with Gasteiger partial charge in [0.15, 0.2) is 11.6 Å². The van der Waals surface area contributed by atoms with Crippen LogP contribution in [0.1, 0.15) is 6.42 Å². The van der Waals surface area contributed by atoms with Crippen molar-refractivity contribution in [2.75, 3.05) is 11.4 Å². The second-order valence-corrected chi connectivity index (χ2v) is 4.05.